The molecule has 0 radical (unpaired) electrons. The molecule has 1 aliphatic heterocycles. The lowest BCUT2D eigenvalue weighted by Gasteiger charge is -2.22. The summed E-state index contributed by atoms with van der Waals surface area (Å²) >= 11 is 12.2. The van der Waals surface area contributed by atoms with Crippen molar-refractivity contribution < 1.29 is 21.5 Å². The lowest BCUT2D eigenvalue weighted by Crippen LogP contribution is -2.29. The zero-order chi connectivity index (χ0) is 29.3. The number of halogens is 3. The number of nitrogens with one attached hydrogen (secondary N) is 1. The summed E-state index contributed by atoms with van der Waals surface area (Å²) < 4.78 is 94.4. The van der Waals surface area contributed by atoms with Crippen molar-refractivity contribution in [2.75, 3.05) is 18.7 Å². The third kappa shape index (κ3) is 4.24. The molecule has 3 aromatic rings. The highest BCUT2D eigenvalue weighted by Crippen LogP contribution is 2.37. The molecule has 30 heavy (non-hydrogen) atoms. The standard InChI is InChI=1S/C21H22Cl2FN5O/c1-12(19-16(22)2-3-17(24)20(19)23)30-18-8-13(9-27-21(18)25)14-10-28-29(11-14)15-4-6-26-7-5-15/h2-3,8-12,15,26H,4-7H2,1H3,(H2,25,27)/t12-/m1/s1/i4D2,5D2,6D2,7D2,15D. The molecule has 3 heterocycles. The summed E-state index contributed by atoms with van der Waals surface area (Å²) in [7, 11) is 0. The number of pyridine rings is 1. The van der Waals surface area contributed by atoms with Crippen LogP contribution >= 0.6 is 23.2 Å². The lowest BCUT2D eigenvalue weighted by molar-refractivity contribution is 0.227. The summed E-state index contributed by atoms with van der Waals surface area (Å²) in [5.41, 5.74) is 6.59. The predicted octanol–water partition coefficient (Wildman–Crippen LogP) is 5.04. The van der Waals surface area contributed by atoms with Gasteiger partial charge in [-0.1, -0.05) is 23.2 Å². The van der Waals surface area contributed by atoms with Crippen molar-refractivity contribution in [3.8, 4) is 16.9 Å². The van der Waals surface area contributed by atoms with Gasteiger partial charge in [-0.25, -0.2) is 9.37 Å². The third-order valence-corrected chi connectivity index (χ3v) is 5.02. The number of hydrogen-bond acceptors (Lipinski definition) is 5. The van der Waals surface area contributed by atoms with E-state index in [1.54, 1.807) is 12.2 Å². The first-order valence-electron chi connectivity index (χ1n) is 13.2. The molecule has 1 atom stereocenters. The zero-order valence-electron chi connectivity index (χ0n) is 24.5. The average molecular weight is 459 g/mol. The van der Waals surface area contributed by atoms with Gasteiger partial charge in [0.15, 0.2) is 11.6 Å². The highest BCUT2D eigenvalue weighted by atomic mass is 35.5. The number of ether oxygens (including phenoxy) is 1. The van der Waals surface area contributed by atoms with Crippen LogP contribution in [0.1, 0.15) is 49.7 Å². The quantitative estimate of drug-likeness (QED) is 0.523. The van der Waals surface area contributed by atoms with Crippen LogP contribution in [0.2, 0.25) is 10.0 Å². The molecule has 1 aromatic carbocycles. The van der Waals surface area contributed by atoms with Crippen LogP contribution in [0, 0.1) is 5.82 Å². The molecule has 0 aliphatic carbocycles. The highest BCUT2D eigenvalue weighted by Gasteiger charge is 2.21. The van der Waals surface area contributed by atoms with Crippen molar-refractivity contribution >= 4 is 29.0 Å². The van der Waals surface area contributed by atoms with Gasteiger partial charge in [0.2, 0.25) is 0 Å². The first kappa shape index (κ1) is 12.5. The maximum Gasteiger partial charge on any atom is 0.166 e. The Bertz CT molecular complexity index is 1410. The molecular formula is C21H22Cl2FN5O. The number of nitrogens with two attached hydrogens (primary N) is 1. The highest BCUT2D eigenvalue weighted by molar-refractivity contribution is 6.36. The number of piperidine rings is 1. The molecular weight excluding hydrogens is 428 g/mol. The van der Waals surface area contributed by atoms with Crippen LogP contribution in [0.5, 0.6) is 5.75 Å². The molecule has 0 saturated carbocycles. The van der Waals surface area contributed by atoms with Gasteiger partial charge < -0.3 is 15.8 Å². The SMILES string of the molecule is [2H]C1([2H])NC([2H])([2H])C([2H])([2H])C([2H])(n2cc(-c3cnc(N)c(O[C@H](C)c4c(Cl)ccc(F)c4Cl)c3)cn2)C1([2H])[2H]. The molecule has 1 fully saturated rings. The van der Waals surface area contributed by atoms with Crippen LogP contribution < -0.4 is 15.8 Å². The predicted molar refractivity (Wildman–Crippen MR) is 116 cm³/mol. The van der Waals surface area contributed by atoms with E-state index in [4.69, 9.17) is 46.0 Å². The van der Waals surface area contributed by atoms with Crippen molar-refractivity contribution in [3.05, 3.63) is 58.2 Å². The largest absolute Gasteiger partial charge is 0.482 e. The van der Waals surface area contributed by atoms with E-state index in [0.717, 1.165) is 18.5 Å². The summed E-state index contributed by atoms with van der Waals surface area (Å²) in [6, 6.07) is 0.654. The first-order valence-corrected chi connectivity index (χ1v) is 9.44. The number of anilines is 1. The van der Waals surface area contributed by atoms with Crippen LogP contribution in [0.25, 0.3) is 11.1 Å². The van der Waals surface area contributed by atoms with Gasteiger partial charge in [0.25, 0.3) is 0 Å². The topological polar surface area (TPSA) is 78.0 Å². The van der Waals surface area contributed by atoms with E-state index in [-0.39, 0.29) is 38.3 Å². The number of rotatable bonds is 5. The maximum absolute atomic E-state index is 14.0. The zero-order valence-corrected chi connectivity index (χ0v) is 17.0. The summed E-state index contributed by atoms with van der Waals surface area (Å²) in [5, 5.41) is 5.55. The lowest BCUT2D eigenvalue weighted by atomic mass is 10.1. The third-order valence-electron chi connectivity index (χ3n) is 4.30. The van der Waals surface area contributed by atoms with E-state index < -0.39 is 43.7 Å². The Balaban J connectivity index is 1.74. The Morgan fingerprint density at radius 2 is 2.10 bits per heavy atom. The van der Waals surface area contributed by atoms with Gasteiger partial charge in [-0.05, 0) is 50.9 Å². The molecule has 0 spiro atoms. The van der Waals surface area contributed by atoms with Gasteiger partial charge in [0.05, 0.1) is 18.6 Å². The fourth-order valence-corrected chi connectivity index (χ4v) is 3.50. The summed E-state index contributed by atoms with van der Waals surface area (Å²) in [6.45, 7) is -4.73. The Hall–Kier alpha value is -2.35. The Kier molecular flexibility index (Phi) is 3.66. The minimum Gasteiger partial charge on any atom is -0.482 e. The fraction of sp³-hybridized carbons (Fsp3) is 0.333. The van der Waals surface area contributed by atoms with E-state index in [1.807, 2.05) is 0 Å². The van der Waals surface area contributed by atoms with Gasteiger partial charge in [0.1, 0.15) is 11.9 Å². The van der Waals surface area contributed by atoms with Crippen molar-refractivity contribution in [1.29, 1.82) is 0 Å². The van der Waals surface area contributed by atoms with E-state index in [0.29, 0.717) is 4.68 Å². The average Bonchev–Trinajstić information content (AvgIpc) is 3.31. The van der Waals surface area contributed by atoms with Gasteiger partial charge in [0, 0.05) is 45.1 Å². The normalized spacial score (nSPS) is 28.1. The van der Waals surface area contributed by atoms with Gasteiger partial charge in [-0.3, -0.25) is 4.68 Å². The minimum absolute atomic E-state index is 0.0323. The molecule has 3 N–H and O–H groups in total. The van der Waals surface area contributed by atoms with Crippen molar-refractivity contribution in [1.82, 2.24) is 20.1 Å². The molecule has 6 nitrogen and oxygen atoms in total. The number of hydrogen-bond donors (Lipinski definition) is 2. The first-order chi connectivity index (χ1) is 17.8. The Morgan fingerprint density at radius 1 is 1.33 bits per heavy atom. The van der Waals surface area contributed by atoms with Crippen molar-refractivity contribution in [2.45, 2.75) is 31.8 Å². The van der Waals surface area contributed by atoms with Gasteiger partial charge >= 0.3 is 0 Å². The summed E-state index contributed by atoms with van der Waals surface area (Å²) in [4.78, 5) is 4.06. The minimum atomic E-state index is -3.30. The number of nitrogens with zero attached hydrogens (tertiary/aromatic N) is 3. The molecule has 1 saturated heterocycles. The molecule has 158 valence electrons. The van der Waals surface area contributed by atoms with Crippen LogP contribution in [0.4, 0.5) is 10.2 Å². The number of aromatic nitrogens is 3. The molecule has 0 bridgehead atoms. The Labute approximate surface area is 196 Å². The van der Waals surface area contributed by atoms with Crippen LogP contribution in [0.15, 0.2) is 36.8 Å². The van der Waals surface area contributed by atoms with Gasteiger partial charge in [-0.15, -0.1) is 0 Å². The second-order valence-electron chi connectivity index (χ2n) is 6.27. The van der Waals surface area contributed by atoms with Crippen molar-refractivity contribution in [2.24, 2.45) is 0 Å². The second-order valence-corrected chi connectivity index (χ2v) is 7.06. The van der Waals surface area contributed by atoms with Crippen LogP contribution in [-0.2, 0) is 0 Å². The van der Waals surface area contributed by atoms with E-state index >= 15 is 0 Å². The maximum atomic E-state index is 14.0. The van der Waals surface area contributed by atoms with E-state index in [1.165, 1.54) is 18.3 Å². The van der Waals surface area contributed by atoms with E-state index in [9.17, 15) is 4.39 Å². The molecule has 0 unspecified atom stereocenters. The Morgan fingerprint density at radius 3 is 2.87 bits per heavy atom. The van der Waals surface area contributed by atoms with E-state index in [2.05, 4.69) is 10.1 Å². The van der Waals surface area contributed by atoms with Crippen LogP contribution in [0.3, 0.4) is 0 Å². The fourth-order valence-electron chi connectivity index (χ4n) is 2.82. The number of nitrogen functional groups attached to an aromatic ring is 1. The smallest absolute Gasteiger partial charge is 0.166 e. The number of benzene rings is 1. The van der Waals surface area contributed by atoms with Crippen LogP contribution in [-0.4, -0.2) is 27.8 Å². The molecule has 4 rings (SSSR count). The molecule has 2 aromatic heterocycles. The molecule has 1 aliphatic rings. The monoisotopic (exact) mass is 458 g/mol. The second kappa shape index (κ2) is 8.79. The molecule has 9 heteroatoms. The summed E-state index contributed by atoms with van der Waals surface area (Å²) in [6.07, 6.45) is -3.96. The van der Waals surface area contributed by atoms with Crippen molar-refractivity contribution in [3.63, 3.8) is 0 Å². The molecule has 0 amide bonds. The summed E-state index contributed by atoms with van der Waals surface area (Å²) in [5.74, 6) is -0.717. The van der Waals surface area contributed by atoms with Gasteiger partial charge in [-0.2, -0.15) is 5.10 Å².